The van der Waals surface area contributed by atoms with Crippen molar-refractivity contribution in [2.45, 2.75) is 39.8 Å². The van der Waals surface area contributed by atoms with Crippen LogP contribution in [0, 0.1) is 6.92 Å². The van der Waals surface area contributed by atoms with Crippen molar-refractivity contribution in [3.05, 3.63) is 70.3 Å². The molecule has 1 atom stereocenters. The van der Waals surface area contributed by atoms with Gasteiger partial charge in [-0.3, -0.25) is 9.59 Å². The van der Waals surface area contributed by atoms with Crippen molar-refractivity contribution in [1.82, 2.24) is 10.6 Å². The summed E-state index contributed by atoms with van der Waals surface area (Å²) in [6.45, 7) is 5.91. The normalized spacial score (nSPS) is 11.5. The first-order valence-corrected chi connectivity index (χ1v) is 8.83. The van der Waals surface area contributed by atoms with Gasteiger partial charge in [-0.15, -0.1) is 0 Å². The maximum absolute atomic E-state index is 12.4. The maximum Gasteiger partial charge on any atom is 0.335 e. The standard InChI is InChI=1S/C21H24N2O4/c1-4-14(3)23-20(25)16-7-5-6-15(10-16)12-22-19(24)17-8-13(2)9-18(11-17)21(26)27/h5-11,14H,4,12H2,1-3H3,(H,22,24)(H,23,25)(H,26,27). The summed E-state index contributed by atoms with van der Waals surface area (Å²) in [7, 11) is 0. The van der Waals surface area contributed by atoms with Crippen LogP contribution in [0.25, 0.3) is 0 Å². The second-order valence-electron chi connectivity index (χ2n) is 6.56. The van der Waals surface area contributed by atoms with Crippen LogP contribution in [0.5, 0.6) is 0 Å². The Balaban J connectivity index is 2.06. The maximum atomic E-state index is 12.4. The number of nitrogens with one attached hydrogen (secondary N) is 2. The van der Waals surface area contributed by atoms with Gasteiger partial charge >= 0.3 is 5.97 Å². The zero-order chi connectivity index (χ0) is 20.0. The Bertz CT molecular complexity index is 861. The zero-order valence-corrected chi connectivity index (χ0v) is 15.7. The van der Waals surface area contributed by atoms with Crippen molar-refractivity contribution in [2.24, 2.45) is 0 Å². The van der Waals surface area contributed by atoms with Crippen molar-refractivity contribution < 1.29 is 19.5 Å². The minimum Gasteiger partial charge on any atom is -0.478 e. The highest BCUT2D eigenvalue weighted by molar-refractivity contribution is 5.98. The molecule has 6 heteroatoms. The first kappa shape index (κ1) is 20.2. The molecule has 3 N–H and O–H groups in total. The summed E-state index contributed by atoms with van der Waals surface area (Å²) < 4.78 is 0. The smallest absolute Gasteiger partial charge is 0.335 e. The molecule has 0 heterocycles. The van der Waals surface area contributed by atoms with Crippen LogP contribution in [0.15, 0.2) is 42.5 Å². The van der Waals surface area contributed by atoms with Gasteiger partial charge in [-0.2, -0.15) is 0 Å². The van der Waals surface area contributed by atoms with Gasteiger partial charge in [0.1, 0.15) is 0 Å². The minimum atomic E-state index is -1.08. The molecule has 2 aromatic rings. The number of amides is 2. The molecule has 0 saturated carbocycles. The number of rotatable bonds is 7. The van der Waals surface area contributed by atoms with Gasteiger partial charge in [-0.25, -0.2) is 4.79 Å². The lowest BCUT2D eigenvalue weighted by Crippen LogP contribution is -2.32. The van der Waals surface area contributed by atoms with E-state index in [1.165, 1.54) is 12.1 Å². The molecular weight excluding hydrogens is 344 g/mol. The molecule has 0 saturated heterocycles. The number of hydrogen-bond acceptors (Lipinski definition) is 3. The monoisotopic (exact) mass is 368 g/mol. The molecule has 0 aromatic heterocycles. The molecular formula is C21H24N2O4. The second-order valence-corrected chi connectivity index (χ2v) is 6.56. The molecule has 0 spiro atoms. The Labute approximate surface area is 158 Å². The highest BCUT2D eigenvalue weighted by Crippen LogP contribution is 2.11. The molecule has 2 amide bonds. The summed E-state index contributed by atoms with van der Waals surface area (Å²) in [5.41, 5.74) is 2.38. The van der Waals surface area contributed by atoms with Crippen LogP contribution in [0.1, 0.15) is 62.5 Å². The molecule has 0 aliphatic heterocycles. The Morgan fingerprint density at radius 2 is 1.70 bits per heavy atom. The summed E-state index contributed by atoms with van der Waals surface area (Å²) in [6, 6.07) is 11.6. The topological polar surface area (TPSA) is 95.5 Å². The predicted molar refractivity (Wildman–Crippen MR) is 103 cm³/mol. The Morgan fingerprint density at radius 3 is 2.37 bits per heavy atom. The van der Waals surface area contributed by atoms with E-state index in [1.807, 2.05) is 19.9 Å². The molecule has 0 fully saturated rings. The summed E-state index contributed by atoms with van der Waals surface area (Å²) >= 11 is 0. The van der Waals surface area contributed by atoms with Gasteiger partial charge in [0, 0.05) is 23.7 Å². The number of carboxylic acid groups (broad SMARTS) is 1. The van der Waals surface area contributed by atoms with E-state index in [0.29, 0.717) is 11.1 Å². The van der Waals surface area contributed by atoms with E-state index in [4.69, 9.17) is 5.11 Å². The lowest BCUT2D eigenvalue weighted by molar-refractivity contribution is 0.0696. The van der Waals surface area contributed by atoms with Crippen LogP contribution in [0.2, 0.25) is 0 Å². The molecule has 1 unspecified atom stereocenters. The number of hydrogen-bond donors (Lipinski definition) is 3. The van der Waals surface area contributed by atoms with Crippen LogP contribution >= 0.6 is 0 Å². The quantitative estimate of drug-likeness (QED) is 0.699. The number of carboxylic acids is 1. The summed E-state index contributed by atoms with van der Waals surface area (Å²) in [4.78, 5) is 35.7. The fraction of sp³-hybridized carbons (Fsp3) is 0.286. The van der Waals surface area contributed by atoms with Gasteiger partial charge in [-0.05, 0) is 61.7 Å². The van der Waals surface area contributed by atoms with Crippen LogP contribution in [0.4, 0.5) is 0 Å². The van der Waals surface area contributed by atoms with Crippen LogP contribution in [0.3, 0.4) is 0 Å². The van der Waals surface area contributed by atoms with Gasteiger partial charge in [-0.1, -0.05) is 19.1 Å². The van der Waals surface area contributed by atoms with E-state index in [2.05, 4.69) is 10.6 Å². The number of carbonyl (C=O) groups is 3. The van der Waals surface area contributed by atoms with Crippen molar-refractivity contribution in [1.29, 1.82) is 0 Å². The van der Waals surface area contributed by atoms with Crippen molar-refractivity contribution in [3.8, 4) is 0 Å². The van der Waals surface area contributed by atoms with Crippen LogP contribution in [-0.4, -0.2) is 28.9 Å². The Morgan fingerprint density at radius 1 is 1.00 bits per heavy atom. The molecule has 0 aliphatic rings. The average molecular weight is 368 g/mol. The predicted octanol–water partition coefficient (Wildman–Crippen LogP) is 3.15. The third-order valence-electron chi connectivity index (χ3n) is 4.22. The van der Waals surface area contributed by atoms with E-state index >= 15 is 0 Å². The van der Waals surface area contributed by atoms with Gasteiger partial charge in [0.2, 0.25) is 0 Å². The number of carbonyl (C=O) groups excluding carboxylic acids is 2. The third kappa shape index (κ3) is 5.67. The number of benzene rings is 2. The fourth-order valence-electron chi connectivity index (χ4n) is 2.55. The number of aromatic carboxylic acids is 1. The molecule has 2 rings (SSSR count). The fourth-order valence-corrected chi connectivity index (χ4v) is 2.55. The second kappa shape index (κ2) is 8.98. The highest BCUT2D eigenvalue weighted by Gasteiger charge is 2.12. The Kier molecular flexibility index (Phi) is 6.71. The van der Waals surface area contributed by atoms with Gasteiger partial charge in [0.15, 0.2) is 0 Å². The highest BCUT2D eigenvalue weighted by atomic mass is 16.4. The van der Waals surface area contributed by atoms with E-state index in [-0.39, 0.29) is 35.5 Å². The zero-order valence-electron chi connectivity index (χ0n) is 15.7. The minimum absolute atomic E-state index is 0.0730. The lowest BCUT2D eigenvalue weighted by Gasteiger charge is -2.12. The summed E-state index contributed by atoms with van der Waals surface area (Å²) in [5, 5.41) is 14.8. The first-order valence-electron chi connectivity index (χ1n) is 8.83. The van der Waals surface area contributed by atoms with Gasteiger partial charge in [0.05, 0.1) is 5.56 Å². The SMILES string of the molecule is CCC(C)NC(=O)c1cccc(CNC(=O)c2cc(C)cc(C(=O)O)c2)c1. The molecule has 27 heavy (non-hydrogen) atoms. The van der Waals surface area contributed by atoms with E-state index in [0.717, 1.165) is 12.0 Å². The molecule has 0 bridgehead atoms. The largest absolute Gasteiger partial charge is 0.478 e. The van der Waals surface area contributed by atoms with Crippen LogP contribution < -0.4 is 10.6 Å². The van der Waals surface area contributed by atoms with Crippen LogP contribution in [-0.2, 0) is 6.54 Å². The van der Waals surface area contributed by atoms with Gasteiger partial charge in [0.25, 0.3) is 11.8 Å². The van der Waals surface area contributed by atoms with Crippen molar-refractivity contribution >= 4 is 17.8 Å². The lowest BCUT2D eigenvalue weighted by atomic mass is 10.1. The van der Waals surface area contributed by atoms with E-state index < -0.39 is 5.97 Å². The molecule has 2 aromatic carbocycles. The number of aryl methyl sites for hydroxylation is 1. The van der Waals surface area contributed by atoms with Crippen molar-refractivity contribution in [3.63, 3.8) is 0 Å². The first-order chi connectivity index (χ1) is 12.8. The van der Waals surface area contributed by atoms with E-state index in [9.17, 15) is 14.4 Å². The molecule has 0 aliphatic carbocycles. The molecule has 0 radical (unpaired) electrons. The Hall–Kier alpha value is -3.15. The van der Waals surface area contributed by atoms with E-state index in [1.54, 1.807) is 31.2 Å². The average Bonchev–Trinajstić information content (AvgIpc) is 2.65. The summed E-state index contributed by atoms with van der Waals surface area (Å²) in [6.07, 6.45) is 0.844. The molecule has 142 valence electrons. The third-order valence-corrected chi connectivity index (χ3v) is 4.22. The molecule has 6 nitrogen and oxygen atoms in total. The van der Waals surface area contributed by atoms with Crippen molar-refractivity contribution in [2.75, 3.05) is 0 Å². The van der Waals surface area contributed by atoms with Gasteiger partial charge < -0.3 is 15.7 Å². The summed E-state index contributed by atoms with van der Waals surface area (Å²) in [5.74, 6) is -1.59.